The normalized spacial score (nSPS) is 20.9. The Kier molecular flexibility index (Phi) is 1.63. The van der Waals surface area contributed by atoms with Crippen LogP contribution in [-0.4, -0.2) is 16.2 Å². The van der Waals surface area contributed by atoms with Crippen molar-refractivity contribution in [2.75, 3.05) is 5.32 Å². The average molecular weight is 191 g/mol. The van der Waals surface area contributed by atoms with Gasteiger partial charge in [-0.3, -0.25) is 9.48 Å². The highest BCUT2D eigenvalue weighted by Crippen LogP contribution is 2.45. The molecule has 2 aliphatic carbocycles. The molecule has 74 valence electrons. The molecular formula is C10H13N3O. The van der Waals surface area contributed by atoms with Crippen LogP contribution in [0.15, 0.2) is 6.07 Å². The van der Waals surface area contributed by atoms with Crippen molar-refractivity contribution >= 4 is 12.2 Å². The Balaban J connectivity index is 1.93. The van der Waals surface area contributed by atoms with Gasteiger partial charge in [0.1, 0.15) is 0 Å². The first kappa shape index (κ1) is 8.03. The summed E-state index contributed by atoms with van der Waals surface area (Å²) in [6.07, 6.45) is 5.72. The van der Waals surface area contributed by atoms with Gasteiger partial charge in [0.15, 0.2) is 5.82 Å². The van der Waals surface area contributed by atoms with Crippen LogP contribution >= 0.6 is 0 Å². The predicted octanol–water partition coefficient (Wildman–Crippen LogP) is 1.66. The fourth-order valence-electron chi connectivity index (χ4n) is 1.84. The maximum Gasteiger partial charge on any atom is 0.212 e. The van der Waals surface area contributed by atoms with Gasteiger partial charge in [0, 0.05) is 17.7 Å². The molecule has 14 heavy (non-hydrogen) atoms. The summed E-state index contributed by atoms with van der Waals surface area (Å²) in [7, 11) is 0. The Morgan fingerprint density at radius 2 is 2.21 bits per heavy atom. The Labute approximate surface area is 82.3 Å². The molecule has 0 aliphatic heterocycles. The third-order valence-corrected chi connectivity index (χ3v) is 2.86. The third-order valence-electron chi connectivity index (χ3n) is 2.86. The van der Waals surface area contributed by atoms with E-state index in [4.69, 9.17) is 0 Å². The van der Waals surface area contributed by atoms with Crippen molar-refractivity contribution in [2.45, 2.75) is 37.6 Å². The molecule has 1 amide bonds. The molecule has 1 N–H and O–H groups in total. The monoisotopic (exact) mass is 191 g/mol. The zero-order chi connectivity index (χ0) is 9.54. The van der Waals surface area contributed by atoms with E-state index in [0.717, 1.165) is 0 Å². The second-order valence-corrected chi connectivity index (χ2v) is 4.17. The van der Waals surface area contributed by atoms with Crippen LogP contribution < -0.4 is 5.32 Å². The second kappa shape index (κ2) is 2.83. The van der Waals surface area contributed by atoms with Crippen molar-refractivity contribution in [3.05, 3.63) is 11.8 Å². The van der Waals surface area contributed by atoms with Crippen LogP contribution in [0.4, 0.5) is 5.82 Å². The molecule has 4 heteroatoms. The number of aromatic nitrogens is 2. The van der Waals surface area contributed by atoms with E-state index in [2.05, 4.69) is 15.1 Å². The first-order valence-electron chi connectivity index (χ1n) is 5.18. The van der Waals surface area contributed by atoms with E-state index in [1.807, 2.05) is 6.07 Å². The van der Waals surface area contributed by atoms with E-state index in [9.17, 15) is 4.79 Å². The van der Waals surface area contributed by atoms with E-state index < -0.39 is 0 Å². The highest BCUT2D eigenvalue weighted by Gasteiger charge is 2.33. The lowest BCUT2D eigenvalue weighted by Gasteiger charge is -2.02. The summed E-state index contributed by atoms with van der Waals surface area (Å²) >= 11 is 0. The van der Waals surface area contributed by atoms with Gasteiger partial charge in [-0.2, -0.15) is 5.10 Å². The fraction of sp³-hybridized carbons (Fsp3) is 0.600. The lowest BCUT2D eigenvalue weighted by molar-refractivity contribution is -0.105. The average Bonchev–Trinajstić information content (AvgIpc) is 3.07. The Morgan fingerprint density at radius 1 is 1.43 bits per heavy atom. The standard InChI is InChI=1S/C10H13N3O/c14-6-11-10-5-9(7-1-2-7)13(12-10)8-3-4-8/h5-8H,1-4H2,(H,11,12,14). The van der Waals surface area contributed by atoms with Crippen molar-refractivity contribution in [1.82, 2.24) is 9.78 Å². The van der Waals surface area contributed by atoms with Gasteiger partial charge in [-0.1, -0.05) is 0 Å². The number of anilines is 1. The number of hydrogen-bond donors (Lipinski definition) is 1. The Bertz CT molecular complexity index is 334. The molecule has 0 atom stereocenters. The summed E-state index contributed by atoms with van der Waals surface area (Å²) in [5.74, 6) is 1.40. The van der Waals surface area contributed by atoms with Crippen LogP contribution in [0, 0.1) is 0 Å². The van der Waals surface area contributed by atoms with Crippen LogP contribution in [0.25, 0.3) is 0 Å². The van der Waals surface area contributed by atoms with E-state index in [1.165, 1.54) is 31.4 Å². The van der Waals surface area contributed by atoms with E-state index in [-0.39, 0.29) is 0 Å². The van der Waals surface area contributed by atoms with Gasteiger partial charge >= 0.3 is 0 Å². The smallest absolute Gasteiger partial charge is 0.212 e. The first-order chi connectivity index (χ1) is 6.88. The zero-order valence-electron chi connectivity index (χ0n) is 7.94. The molecule has 0 spiro atoms. The summed E-state index contributed by atoms with van der Waals surface area (Å²) in [4.78, 5) is 10.3. The molecule has 2 saturated carbocycles. The minimum Gasteiger partial charge on any atom is -0.312 e. The SMILES string of the molecule is O=CNc1cc(C2CC2)n(C2CC2)n1. The molecule has 1 aromatic rings. The van der Waals surface area contributed by atoms with Gasteiger partial charge < -0.3 is 5.32 Å². The maximum atomic E-state index is 10.3. The molecular weight excluding hydrogens is 178 g/mol. The molecule has 0 unspecified atom stereocenters. The van der Waals surface area contributed by atoms with Gasteiger partial charge in [-0.05, 0) is 25.7 Å². The van der Waals surface area contributed by atoms with Crippen LogP contribution in [0.2, 0.25) is 0 Å². The summed E-state index contributed by atoms with van der Waals surface area (Å²) < 4.78 is 2.11. The molecule has 0 radical (unpaired) electrons. The minimum atomic E-state index is 0.604. The van der Waals surface area contributed by atoms with E-state index in [0.29, 0.717) is 24.2 Å². The largest absolute Gasteiger partial charge is 0.312 e. The molecule has 4 nitrogen and oxygen atoms in total. The number of hydrogen-bond acceptors (Lipinski definition) is 2. The molecule has 0 bridgehead atoms. The Hall–Kier alpha value is -1.32. The number of carbonyl (C=O) groups is 1. The van der Waals surface area contributed by atoms with Crippen LogP contribution in [0.1, 0.15) is 43.3 Å². The third kappa shape index (κ3) is 1.31. The lowest BCUT2D eigenvalue weighted by atomic mass is 10.3. The second-order valence-electron chi connectivity index (χ2n) is 4.17. The van der Waals surface area contributed by atoms with Crippen LogP contribution in [0.5, 0.6) is 0 Å². The van der Waals surface area contributed by atoms with Gasteiger partial charge in [-0.15, -0.1) is 0 Å². The molecule has 1 aromatic heterocycles. The summed E-state index contributed by atoms with van der Waals surface area (Å²) in [5, 5.41) is 7.02. The molecule has 0 saturated heterocycles. The van der Waals surface area contributed by atoms with Crippen molar-refractivity contribution in [1.29, 1.82) is 0 Å². The Morgan fingerprint density at radius 3 is 2.79 bits per heavy atom. The summed E-state index contributed by atoms with van der Waals surface area (Å²) in [6.45, 7) is 0. The molecule has 0 aromatic carbocycles. The number of rotatable bonds is 4. The highest BCUT2D eigenvalue weighted by molar-refractivity contribution is 5.68. The quantitative estimate of drug-likeness (QED) is 0.736. The molecule has 2 aliphatic rings. The first-order valence-corrected chi connectivity index (χ1v) is 5.18. The lowest BCUT2D eigenvalue weighted by Crippen LogP contribution is -2.02. The predicted molar refractivity (Wildman–Crippen MR) is 52.2 cm³/mol. The molecule has 3 rings (SSSR count). The number of nitrogens with zero attached hydrogens (tertiary/aromatic N) is 2. The van der Waals surface area contributed by atoms with Crippen LogP contribution in [-0.2, 0) is 4.79 Å². The van der Waals surface area contributed by atoms with Gasteiger partial charge in [0.2, 0.25) is 6.41 Å². The number of carbonyl (C=O) groups excluding carboxylic acids is 1. The van der Waals surface area contributed by atoms with E-state index in [1.54, 1.807) is 0 Å². The van der Waals surface area contributed by atoms with Gasteiger partial charge in [-0.25, -0.2) is 0 Å². The maximum absolute atomic E-state index is 10.3. The highest BCUT2D eigenvalue weighted by atomic mass is 16.1. The summed E-state index contributed by atoms with van der Waals surface area (Å²) in [5.41, 5.74) is 1.32. The molecule has 2 fully saturated rings. The summed E-state index contributed by atoms with van der Waals surface area (Å²) in [6, 6.07) is 2.62. The van der Waals surface area contributed by atoms with Crippen molar-refractivity contribution in [3.63, 3.8) is 0 Å². The van der Waals surface area contributed by atoms with Crippen molar-refractivity contribution < 1.29 is 4.79 Å². The van der Waals surface area contributed by atoms with Crippen LogP contribution in [0.3, 0.4) is 0 Å². The number of nitrogens with one attached hydrogen (secondary N) is 1. The van der Waals surface area contributed by atoms with Crippen molar-refractivity contribution in [3.8, 4) is 0 Å². The zero-order valence-corrected chi connectivity index (χ0v) is 7.94. The van der Waals surface area contributed by atoms with E-state index >= 15 is 0 Å². The minimum absolute atomic E-state index is 0.604. The number of amides is 1. The van der Waals surface area contributed by atoms with Crippen molar-refractivity contribution in [2.24, 2.45) is 0 Å². The topological polar surface area (TPSA) is 46.9 Å². The van der Waals surface area contributed by atoms with Gasteiger partial charge in [0.05, 0.1) is 6.04 Å². The fourth-order valence-corrected chi connectivity index (χ4v) is 1.84. The molecule has 1 heterocycles. The van der Waals surface area contributed by atoms with Gasteiger partial charge in [0.25, 0.3) is 0 Å².